The summed E-state index contributed by atoms with van der Waals surface area (Å²) in [6, 6.07) is 12.0. The van der Waals surface area contributed by atoms with E-state index in [1.54, 1.807) is 44.2 Å². The van der Waals surface area contributed by atoms with E-state index in [9.17, 15) is 9.59 Å². The fraction of sp³-hybridized carbons (Fsp3) is 0.318. The molecule has 1 aromatic heterocycles. The first-order valence-corrected chi connectivity index (χ1v) is 9.23. The molecule has 6 heteroatoms. The van der Waals surface area contributed by atoms with Crippen LogP contribution in [0.15, 0.2) is 46.9 Å². The molecule has 0 bridgehead atoms. The van der Waals surface area contributed by atoms with Gasteiger partial charge in [0.25, 0.3) is 5.91 Å². The van der Waals surface area contributed by atoms with E-state index in [0.29, 0.717) is 28.2 Å². The van der Waals surface area contributed by atoms with Crippen LogP contribution in [0.1, 0.15) is 49.5 Å². The van der Waals surface area contributed by atoms with Gasteiger partial charge in [-0.2, -0.15) is 0 Å². The number of aromatic nitrogens is 1. The molecule has 3 aromatic rings. The number of rotatable bonds is 4. The van der Waals surface area contributed by atoms with Gasteiger partial charge >= 0.3 is 0 Å². The number of aryl methyl sites for hydroxylation is 1. The number of carbonyl (C=O) groups is 2. The summed E-state index contributed by atoms with van der Waals surface area (Å²) in [5.74, 6) is -0.0264. The number of amides is 2. The summed E-state index contributed by atoms with van der Waals surface area (Å²) in [7, 11) is 0. The molecule has 3 rings (SSSR count). The van der Waals surface area contributed by atoms with Crippen LogP contribution in [0.5, 0.6) is 0 Å². The molecular formula is C22H25N3O3. The predicted molar refractivity (Wildman–Crippen MR) is 109 cm³/mol. The lowest BCUT2D eigenvalue weighted by atomic mass is 9.86. The molecule has 2 aromatic carbocycles. The van der Waals surface area contributed by atoms with E-state index in [-0.39, 0.29) is 17.2 Å². The Kier molecular flexibility index (Phi) is 5.23. The Morgan fingerprint density at radius 1 is 1.07 bits per heavy atom. The third-order valence-corrected chi connectivity index (χ3v) is 4.52. The van der Waals surface area contributed by atoms with Gasteiger partial charge in [0.05, 0.1) is 0 Å². The number of nitrogens with one attached hydrogen (secondary N) is 2. The van der Waals surface area contributed by atoms with Crippen molar-refractivity contribution < 1.29 is 14.0 Å². The second kappa shape index (κ2) is 7.46. The minimum Gasteiger partial charge on any atom is -0.441 e. The van der Waals surface area contributed by atoms with Crippen molar-refractivity contribution in [1.82, 2.24) is 10.3 Å². The quantitative estimate of drug-likeness (QED) is 0.712. The van der Waals surface area contributed by atoms with Gasteiger partial charge in [0, 0.05) is 18.2 Å². The second-order valence-corrected chi connectivity index (χ2v) is 7.93. The van der Waals surface area contributed by atoms with Gasteiger partial charge in [-0.15, -0.1) is 0 Å². The number of fused-ring (bicyclic) bond motifs is 1. The summed E-state index contributed by atoms with van der Waals surface area (Å²) in [6.45, 7) is 9.77. The van der Waals surface area contributed by atoms with E-state index >= 15 is 0 Å². The van der Waals surface area contributed by atoms with Gasteiger partial charge in [-0.25, -0.2) is 4.98 Å². The molecule has 1 atom stereocenters. The minimum atomic E-state index is -0.690. The van der Waals surface area contributed by atoms with E-state index < -0.39 is 6.04 Å². The van der Waals surface area contributed by atoms with Gasteiger partial charge in [-0.3, -0.25) is 9.59 Å². The molecule has 1 heterocycles. The van der Waals surface area contributed by atoms with Crippen LogP contribution >= 0.6 is 0 Å². The molecule has 0 aliphatic rings. The fourth-order valence-corrected chi connectivity index (χ4v) is 2.84. The van der Waals surface area contributed by atoms with Gasteiger partial charge in [0.15, 0.2) is 11.5 Å². The Morgan fingerprint density at radius 2 is 1.75 bits per heavy atom. The predicted octanol–water partition coefficient (Wildman–Crippen LogP) is 4.19. The van der Waals surface area contributed by atoms with Gasteiger partial charge < -0.3 is 15.1 Å². The number of nitrogens with zero attached hydrogens (tertiary/aromatic N) is 1. The van der Waals surface area contributed by atoms with Crippen LogP contribution in [-0.2, 0) is 10.2 Å². The standard InChI is InChI=1S/C22H25N3O3/c1-13(23-21(27)15-6-8-16(9-7-15)22(3,4)5)20(26)25-17-10-11-19-18(12-17)24-14(2)28-19/h6-13H,1-5H3,(H,23,27)(H,25,26). The zero-order valence-electron chi connectivity index (χ0n) is 16.8. The van der Waals surface area contributed by atoms with Crippen molar-refractivity contribution in [3.63, 3.8) is 0 Å². The van der Waals surface area contributed by atoms with Crippen LogP contribution < -0.4 is 10.6 Å². The second-order valence-electron chi connectivity index (χ2n) is 7.93. The van der Waals surface area contributed by atoms with Crippen LogP contribution in [0.25, 0.3) is 11.1 Å². The van der Waals surface area contributed by atoms with E-state index in [4.69, 9.17) is 4.42 Å². The first-order valence-electron chi connectivity index (χ1n) is 9.23. The lowest BCUT2D eigenvalue weighted by Gasteiger charge is -2.19. The molecule has 0 saturated carbocycles. The summed E-state index contributed by atoms with van der Waals surface area (Å²) in [6.07, 6.45) is 0. The Balaban J connectivity index is 1.63. The topological polar surface area (TPSA) is 84.2 Å². The molecular weight excluding hydrogens is 354 g/mol. The van der Waals surface area contributed by atoms with E-state index in [1.807, 2.05) is 12.1 Å². The maximum absolute atomic E-state index is 12.4. The molecule has 0 aliphatic carbocycles. The smallest absolute Gasteiger partial charge is 0.251 e. The maximum atomic E-state index is 12.4. The van der Waals surface area contributed by atoms with Crippen molar-refractivity contribution in [1.29, 1.82) is 0 Å². The van der Waals surface area contributed by atoms with Crippen LogP contribution in [0.2, 0.25) is 0 Å². The van der Waals surface area contributed by atoms with E-state index in [2.05, 4.69) is 36.4 Å². The maximum Gasteiger partial charge on any atom is 0.251 e. The van der Waals surface area contributed by atoms with Crippen molar-refractivity contribution in [2.75, 3.05) is 5.32 Å². The first-order chi connectivity index (χ1) is 13.1. The molecule has 146 valence electrons. The summed E-state index contributed by atoms with van der Waals surface area (Å²) < 4.78 is 5.43. The lowest BCUT2D eigenvalue weighted by molar-refractivity contribution is -0.117. The van der Waals surface area contributed by atoms with Crippen LogP contribution in [0, 0.1) is 6.92 Å². The molecule has 0 saturated heterocycles. The Bertz CT molecular complexity index is 1010. The highest BCUT2D eigenvalue weighted by atomic mass is 16.3. The van der Waals surface area contributed by atoms with Gasteiger partial charge in [0.2, 0.25) is 5.91 Å². The Morgan fingerprint density at radius 3 is 2.39 bits per heavy atom. The SMILES string of the molecule is Cc1nc2cc(NC(=O)C(C)NC(=O)c3ccc(C(C)(C)C)cc3)ccc2o1. The minimum absolute atomic E-state index is 0.0195. The Labute approximate surface area is 164 Å². The molecule has 2 N–H and O–H groups in total. The zero-order chi connectivity index (χ0) is 20.5. The number of carbonyl (C=O) groups excluding carboxylic acids is 2. The molecule has 0 radical (unpaired) electrons. The normalized spacial score (nSPS) is 12.6. The van der Waals surface area contributed by atoms with Crippen LogP contribution in [0.3, 0.4) is 0 Å². The average Bonchev–Trinajstić information content (AvgIpc) is 3.00. The van der Waals surface area contributed by atoms with Gasteiger partial charge in [-0.05, 0) is 48.2 Å². The monoisotopic (exact) mass is 379 g/mol. The van der Waals surface area contributed by atoms with E-state index in [1.165, 1.54) is 0 Å². The number of oxazole rings is 1. The highest BCUT2D eigenvalue weighted by molar-refractivity contribution is 6.01. The first kappa shape index (κ1) is 19.6. The van der Waals surface area contributed by atoms with Gasteiger partial charge in [0.1, 0.15) is 11.6 Å². The number of hydrogen-bond donors (Lipinski definition) is 2. The molecule has 0 aliphatic heterocycles. The molecule has 0 fully saturated rings. The summed E-state index contributed by atoms with van der Waals surface area (Å²) in [5, 5.41) is 5.52. The van der Waals surface area contributed by atoms with Crippen molar-refractivity contribution in [3.8, 4) is 0 Å². The zero-order valence-corrected chi connectivity index (χ0v) is 16.8. The third-order valence-electron chi connectivity index (χ3n) is 4.52. The van der Waals surface area contributed by atoms with Crippen molar-refractivity contribution >= 4 is 28.6 Å². The summed E-state index contributed by atoms with van der Waals surface area (Å²) in [5.41, 5.74) is 3.62. The van der Waals surface area contributed by atoms with Crippen molar-refractivity contribution in [2.24, 2.45) is 0 Å². The highest BCUT2D eigenvalue weighted by Crippen LogP contribution is 2.22. The molecule has 28 heavy (non-hydrogen) atoms. The number of benzene rings is 2. The molecule has 1 unspecified atom stereocenters. The highest BCUT2D eigenvalue weighted by Gasteiger charge is 2.18. The number of anilines is 1. The van der Waals surface area contributed by atoms with Crippen LogP contribution in [0.4, 0.5) is 5.69 Å². The average molecular weight is 379 g/mol. The molecule has 6 nitrogen and oxygen atoms in total. The Hall–Kier alpha value is -3.15. The van der Waals surface area contributed by atoms with E-state index in [0.717, 1.165) is 5.56 Å². The lowest BCUT2D eigenvalue weighted by Crippen LogP contribution is -2.41. The summed E-state index contributed by atoms with van der Waals surface area (Å²) >= 11 is 0. The van der Waals surface area contributed by atoms with Gasteiger partial charge in [-0.1, -0.05) is 32.9 Å². The summed E-state index contributed by atoms with van der Waals surface area (Å²) in [4.78, 5) is 29.1. The number of hydrogen-bond acceptors (Lipinski definition) is 4. The van der Waals surface area contributed by atoms with Crippen molar-refractivity contribution in [3.05, 3.63) is 59.5 Å². The molecule has 0 spiro atoms. The van der Waals surface area contributed by atoms with Crippen molar-refractivity contribution in [2.45, 2.75) is 46.1 Å². The molecule has 2 amide bonds. The van der Waals surface area contributed by atoms with Crippen LogP contribution in [-0.4, -0.2) is 22.8 Å². The third kappa shape index (κ3) is 4.39. The largest absolute Gasteiger partial charge is 0.441 e. The fourth-order valence-electron chi connectivity index (χ4n) is 2.84.